The molecule has 41 heavy (non-hydrogen) atoms. The van der Waals surface area contributed by atoms with Crippen molar-refractivity contribution in [1.29, 1.82) is 0 Å². The molecule has 5 rings (SSSR count). The molecular formula is C30H37Cl2N5O4. The summed E-state index contributed by atoms with van der Waals surface area (Å²) in [6.45, 7) is 9.34. The van der Waals surface area contributed by atoms with Gasteiger partial charge < -0.3 is 19.4 Å². The molecule has 0 bridgehead atoms. The third-order valence-electron chi connectivity index (χ3n) is 8.55. The van der Waals surface area contributed by atoms with Crippen molar-refractivity contribution in [3.63, 3.8) is 0 Å². The first-order chi connectivity index (χ1) is 19.7. The lowest BCUT2D eigenvalue weighted by Gasteiger charge is -2.32. The minimum absolute atomic E-state index is 0.0313. The van der Waals surface area contributed by atoms with Crippen LogP contribution in [0.2, 0.25) is 10.0 Å². The number of nitrogens with zero attached hydrogens (tertiary/aromatic N) is 5. The van der Waals surface area contributed by atoms with Crippen LogP contribution in [0.3, 0.4) is 0 Å². The van der Waals surface area contributed by atoms with Crippen LogP contribution in [0.5, 0.6) is 0 Å². The molecule has 3 saturated heterocycles. The van der Waals surface area contributed by atoms with Crippen LogP contribution in [-0.2, 0) is 9.53 Å². The number of hydrogen-bond donors (Lipinski definition) is 0. The van der Waals surface area contributed by atoms with Crippen LogP contribution >= 0.6 is 23.2 Å². The molecule has 1 aromatic heterocycles. The third-order valence-corrected chi connectivity index (χ3v) is 9.26. The van der Waals surface area contributed by atoms with E-state index in [1.807, 2.05) is 30.0 Å². The maximum atomic E-state index is 13.4. The quantitative estimate of drug-likeness (QED) is 0.455. The summed E-state index contributed by atoms with van der Waals surface area (Å²) < 4.78 is 5.91. The summed E-state index contributed by atoms with van der Waals surface area (Å²) in [4.78, 5) is 49.8. The monoisotopic (exact) mass is 601 g/mol. The molecule has 0 aliphatic carbocycles. The fraction of sp³-hybridized carbons (Fsp3) is 0.533. The van der Waals surface area contributed by atoms with E-state index in [0.717, 1.165) is 44.7 Å². The molecule has 3 fully saturated rings. The van der Waals surface area contributed by atoms with E-state index in [2.05, 4.69) is 9.88 Å². The SMILES string of the molecule is CC(=O)N1CCC(OC(=O)N(CCCN2CC3CN(C(=O)c4ccncc4Cl)CC3C2)c2ccc(C)c(Cl)c2)CC1. The number of piperidine rings is 1. The Balaban J connectivity index is 1.14. The molecule has 0 N–H and O–H groups in total. The minimum atomic E-state index is -0.381. The van der Waals surface area contributed by atoms with Gasteiger partial charge in [-0.15, -0.1) is 0 Å². The van der Waals surface area contributed by atoms with Crippen molar-refractivity contribution in [2.24, 2.45) is 11.8 Å². The number of fused-ring (bicyclic) bond motifs is 1. The topological polar surface area (TPSA) is 86.3 Å². The van der Waals surface area contributed by atoms with Gasteiger partial charge in [-0.2, -0.15) is 0 Å². The number of benzene rings is 1. The maximum absolute atomic E-state index is 13.4. The van der Waals surface area contributed by atoms with Gasteiger partial charge in [0.1, 0.15) is 6.10 Å². The standard InChI is InChI=1S/C30H37Cl2N5O4/c1-20-4-5-24(14-27(20)31)37(30(40)41-25-7-12-35(13-8-25)21(2)38)11-3-10-34-16-22-18-36(19-23(22)17-34)29(39)26-6-9-33-15-28(26)32/h4-6,9,14-15,22-23,25H,3,7-8,10-13,16-19H2,1-2H3. The molecule has 0 radical (unpaired) electrons. The number of likely N-dealkylation sites (tertiary alicyclic amines) is 3. The number of aryl methyl sites for hydroxylation is 1. The normalized spacial score (nSPS) is 21.2. The molecule has 0 spiro atoms. The third kappa shape index (κ3) is 6.96. The van der Waals surface area contributed by atoms with Gasteiger partial charge in [0.15, 0.2) is 0 Å². The highest BCUT2D eigenvalue weighted by molar-refractivity contribution is 6.33. The maximum Gasteiger partial charge on any atom is 0.414 e. The smallest absolute Gasteiger partial charge is 0.414 e. The Labute approximate surface area is 251 Å². The predicted molar refractivity (Wildman–Crippen MR) is 158 cm³/mol. The lowest BCUT2D eigenvalue weighted by Crippen LogP contribution is -2.43. The first kappa shape index (κ1) is 29.6. The van der Waals surface area contributed by atoms with Crippen molar-refractivity contribution in [1.82, 2.24) is 19.7 Å². The van der Waals surface area contributed by atoms with E-state index in [9.17, 15) is 14.4 Å². The van der Waals surface area contributed by atoms with Crippen molar-refractivity contribution in [2.75, 3.05) is 57.3 Å². The van der Waals surface area contributed by atoms with Crippen LogP contribution in [0, 0.1) is 18.8 Å². The van der Waals surface area contributed by atoms with Gasteiger partial charge in [-0.25, -0.2) is 4.79 Å². The highest BCUT2D eigenvalue weighted by atomic mass is 35.5. The molecule has 3 aliphatic rings. The Morgan fingerprint density at radius 3 is 2.34 bits per heavy atom. The number of pyridine rings is 1. The number of hydrogen-bond acceptors (Lipinski definition) is 6. The van der Waals surface area contributed by atoms with Gasteiger partial charge >= 0.3 is 6.09 Å². The Morgan fingerprint density at radius 1 is 1.00 bits per heavy atom. The number of carbonyl (C=O) groups is 3. The molecule has 1 aromatic carbocycles. The zero-order chi connectivity index (χ0) is 29.1. The van der Waals surface area contributed by atoms with E-state index in [-0.39, 0.29) is 24.0 Å². The summed E-state index contributed by atoms with van der Waals surface area (Å²) >= 11 is 12.6. The molecule has 220 valence electrons. The van der Waals surface area contributed by atoms with Crippen LogP contribution < -0.4 is 4.90 Å². The Morgan fingerprint density at radius 2 is 1.71 bits per heavy atom. The van der Waals surface area contributed by atoms with Crippen LogP contribution in [-0.4, -0.2) is 96.1 Å². The number of carbonyl (C=O) groups excluding carboxylic acids is 3. The van der Waals surface area contributed by atoms with Gasteiger partial charge in [-0.3, -0.25) is 19.5 Å². The first-order valence-electron chi connectivity index (χ1n) is 14.3. The van der Waals surface area contributed by atoms with Crippen molar-refractivity contribution in [3.8, 4) is 0 Å². The molecular weight excluding hydrogens is 565 g/mol. The summed E-state index contributed by atoms with van der Waals surface area (Å²) in [7, 11) is 0. The minimum Gasteiger partial charge on any atom is -0.446 e. The average molecular weight is 603 g/mol. The first-order valence-corrected chi connectivity index (χ1v) is 15.1. The predicted octanol–water partition coefficient (Wildman–Crippen LogP) is 4.74. The Bertz CT molecular complexity index is 1270. The number of amides is 3. The van der Waals surface area contributed by atoms with E-state index in [1.165, 1.54) is 6.20 Å². The zero-order valence-corrected chi connectivity index (χ0v) is 25.1. The van der Waals surface area contributed by atoms with Crippen molar-refractivity contribution in [2.45, 2.75) is 39.2 Å². The van der Waals surface area contributed by atoms with Crippen LogP contribution in [0.4, 0.5) is 10.5 Å². The molecule has 2 aromatic rings. The molecule has 0 saturated carbocycles. The molecule has 2 unspecified atom stereocenters. The molecule has 9 nitrogen and oxygen atoms in total. The second-order valence-electron chi connectivity index (χ2n) is 11.4. The van der Waals surface area contributed by atoms with Crippen LogP contribution in [0.1, 0.15) is 42.1 Å². The summed E-state index contributed by atoms with van der Waals surface area (Å²) in [6.07, 6.45) is 4.56. The van der Waals surface area contributed by atoms with E-state index in [1.54, 1.807) is 29.0 Å². The van der Waals surface area contributed by atoms with Gasteiger partial charge in [0.2, 0.25) is 5.91 Å². The zero-order valence-electron chi connectivity index (χ0n) is 23.6. The number of ether oxygens (including phenoxy) is 1. The Kier molecular flexibility index (Phi) is 9.36. The van der Waals surface area contributed by atoms with E-state index in [4.69, 9.17) is 27.9 Å². The van der Waals surface area contributed by atoms with E-state index < -0.39 is 0 Å². The van der Waals surface area contributed by atoms with Crippen LogP contribution in [0.15, 0.2) is 36.7 Å². The largest absolute Gasteiger partial charge is 0.446 e. The molecule has 4 heterocycles. The highest BCUT2D eigenvalue weighted by Gasteiger charge is 2.41. The molecule has 11 heteroatoms. The second-order valence-corrected chi connectivity index (χ2v) is 12.2. The van der Waals surface area contributed by atoms with Gasteiger partial charge in [-0.05, 0) is 55.5 Å². The number of anilines is 1. The van der Waals surface area contributed by atoms with Gasteiger partial charge in [0.25, 0.3) is 5.91 Å². The van der Waals surface area contributed by atoms with Gasteiger partial charge in [0, 0.05) is 88.7 Å². The summed E-state index contributed by atoms with van der Waals surface area (Å²) in [5.41, 5.74) is 2.17. The summed E-state index contributed by atoms with van der Waals surface area (Å²) in [6, 6.07) is 7.31. The summed E-state index contributed by atoms with van der Waals surface area (Å²) in [5.74, 6) is 0.875. The lowest BCUT2D eigenvalue weighted by atomic mass is 10.0. The van der Waals surface area contributed by atoms with E-state index >= 15 is 0 Å². The van der Waals surface area contributed by atoms with Crippen molar-refractivity contribution in [3.05, 3.63) is 57.8 Å². The van der Waals surface area contributed by atoms with Crippen molar-refractivity contribution >= 4 is 46.8 Å². The van der Waals surface area contributed by atoms with Gasteiger partial charge in [0.05, 0.1) is 10.6 Å². The van der Waals surface area contributed by atoms with E-state index in [0.29, 0.717) is 65.6 Å². The summed E-state index contributed by atoms with van der Waals surface area (Å²) in [5, 5.41) is 0.991. The average Bonchev–Trinajstić information content (AvgIpc) is 3.52. The lowest BCUT2D eigenvalue weighted by molar-refractivity contribution is -0.130. The number of rotatable bonds is 7. The fourth-order valence-corrected chi connectivity index (χ4v) is 6.56. The molecule has 3 amide bonds. The van der Waals surface area contributed by atoms with Gasteiger partial charge in [-0.1, -0.05) is 29.3 Å². The fourth-order valence-electron chi connectivity index (χ4n) is 6.18. The highest BCUT2D eigenvalue weighted by Crippen LogP contribution is 2.33. The van der Waals surface area contributed by atoms with Crippen molar-refractivity contribution < 1.29 is 19.1 Å². The Hall–Kier alpha value is -2.88. The molecule has 2 atom stereocenters. The number of halogens is 2. The second kappa shape index (κ2) is 13.0. The molecule has 3 aliphatic heterocycles. The number of aromatic nitrogens is 1. The van der Waals surface area contributed by atoms with Crippen LogP contribution in [0.25, 0.3) is 0 Å².